The Labute approximate surface area is 168 Å². The molecule has 3 aromatic rings. The molecule has 0 amide bonds. The van der Waals surface area contributed by atoms with Crippen molar-refractivity contribution in [3.8, 4) is 11.5 Å². The summed E-state index contributed by atoms with van der Waals surface area (Å²) in [5.74, 6) is 0.0356. The normalized spacial score (nSPS) is 11.2. The maximum Gasteiger partial charge on any atom is 0.343 e. The van der Waals surface area contributed by atoms with Gasteiger partial charge in [-0.3, -0.25) is 0 Å². The lowest BCUT2D eigenvalue weighted by Crippen LogP contribution is -2.18. The molecule has 0 saturated heterocycles. The van der Waals surface area contributed by atoms with Crippen LogP contribution in [0.1, 0.15) is 15.9 Å². The number of nitrogens with zero attached hydrogens (tertiary/aromatic N) is 1. The van der Waals surface area contributed by atoms with Gasteiger partial charge < -0.3 is 9.47 Å². The quantitative estimate of drug-likeness (QED) is 0.279. The lowest BCUT2D eigenvalue weighted by Gasteiger charge is -2.10. The van der Waals surface area contributed by atoms with Crippen LogP contribution < -0.4 is 14.3 Å². The summed E-state index contributed by atoms with van der Waals surface area (Å²) in [7, 11) is -2.31. The monoisotopic (exact) mass is 410 g/mol. The molecule has 0 atom stereocenters. The number of carbonyl (C=O) groups is 1. The zero-order chi connectivity index (χ0) is 20.7. The number of hydrazone groups is 1. The van der Waals surface area contributed by atoms with Crippen molar-refractivity contribution in [2.75, 3.05) is 7.11 Å². The molecule has 0 bridgehead atoms. The van der Waals surface area contributed by atoms with Gasteiger partial charge in [-0.15, -0.1) is 0 Å². The van der Waals surface area contributed by atoms with Crippen LogP contribution >= 0.6 is 0 Å². The van der Waals surface area contributed by atoms with Crippen LogP contribution in [-0.2, 0) is 10.0 Å². The molecule has 0 spiro atoms. The van der Waals surface area contributed by atoms with E-state index in [9.17, 15) is 13.2 Å². The van der Waals surface area contributed by atoms with Crippen LogP contribution in [0.25, 0.3) is 0 Å². The van der Waals surface area contributed by atoms with Crippen LogP contribution in [0.5, 0.6) is 11.5 Å². The van der Waals surface area contributed by atoms with Gasteiger partial charge >= 0.3 is 5.97 Å². The molecule has 148 valence electrons. The van der Waals surface area contributed by atoms with E-state index in [1.54, 1.807) is 66.7 Å². The van der Waals surface area contributed by atoms with Crippen LogP contribution in [-0.4, -0.2) is 27.7 Å². The molecule has 0 saturated carbocycles. The smallest absolute Gasteiger partial charge is 0.343 e. The number of rotatable bonds is 7. The molecular formula is C21H18N2O5S. The van der Waals surface area contributed by atoms with Gasteiger partial charge in [0.15, 0.2) is 11.5 Å². The maximum atomic E-state index is 12.2. The second-order valence-electron chi connectivity index (χ2n) is 5.83. The Morgan fingerprint density at radius 2 is 1.59 bits per heavy atom. The molecule has 8 heteroatoms. The zero-order valence-corrected chi connectivity index (χ0v) is 16.3. The highest BCUT2D eigenvalue weighted by Gasteiger charge is 2.13. The van der Waals surface area contributed by atoms with Crippen LogP contribution in [0.3, 0.4) is 0 Å². The molecule has 0 heterocycles. The maximum absolute atomic E-state index is 12.2. The predicted octanol–water partition coefficient (Wildman–Crippen LogP) is 3.23. The van der Waals surface area contributed by atoms with Gasteiger partial charge in [0.2, 0.25) is 0 Å². The van der Waals surface area contributed by atoms with Crippen molar-refractivity contribution in [3.05, 3.63) is 90.0 Å². The molecule has 0 aromatic heterocycles. The summed E-state index contributed by atoms with van der Waals surface area (Å²) in [5, 5.41) is 3.78. The Kier molecular flexibility index (Phi) is 6.25. The minimum atomic E-state index is -3.75. The molecule has 0 aliphatic carbocycles. The SMILES string of the molecule is COc1cc(/C=N\NS(=O)(=O)c2ccccc2)ccc1OC(=O)c1ccccc1. The van der Waals surface area contributed by atoms with Gasteiger partial charge in [0, 0.05) is 0 Å². The Bertz CT molecular complexity index is 1110. The summed E-state index contributed by atoms with van der Waals surface area (Å²) in [6.07, 6.45) is 1.33. The van der Waals surface area contributed by atoms with E-state index in [0.29, 0.717) is 16.9 Å². The Hall–Kier alpha value is -3.65. The molecule has 0 aliphatic rings. The number of hydrogen-bond donors (Lipinski definition) is 1. The second-order valence-corrected chi connectivity index (χ2v) is 7.49. The Balaban J connectivity index is 1.72. The summed E-state index contributed by atoms with van der Waals surface area (Å²) in [4.78, 5) is 14.5. The van der Waals surface area contributed by atoms with Gasteiger partial charge in [-0.2, -0.15) is 13.5 Å². The van der Waals surface area contributed by atoms with E-state index in [4.69, 9.17) is 9.47 Å². The number of benzene rings is 3. The second kappa shape index (κ2) is 9.03. The third kappa shape index (κ3) is 5.20. The van der Waals surface area contributed by atoms with E-state index in [1.807, 2.05) is 0 Å². The summed E-state index contributed by atoms with van der Waals surface area (Å²) in [6.45, 7) is 0. The van der Waals surface area contributed by atoms with Crippen molar-refractivity contribution < 1.29 is 22.7 Å². The van der Waals surface area contributed by atoms with Crippen molar-refractivity contribution in [1.29, 1.82) is 0 Å². The van der Waals surface area contributed by atoms with Crippen LogP contribution in [0.15, 0.2) is 88.9 Å². The number of methoxy groups -OCH3 is 1. The highest BCUT2D eigenvalue weighted by atomic mass is 32.2. The number of carbonyl (C=O) groups excluding carboxylic acids is 1. The summed E-state index contributed by atoms with van der Waals surface area (Å²) >= 11 is 0. The average molecular weight is 410 g/mol. The third-order valence-corrected chi connectivity index (χ3v) is 5.08. The van der Waals surface area contributed by atoms with Gasteiger partial charge in [0.25, 0.3) is 10.0 Å². The minimum Gasteiger partial charge on any atom is -0.493 e. The lowest BCUT2D eigenvalue weighted by atomic mass is 10.2. The lowest BCUT2D eigenvalue weighted by molar-refractivity contribution is 0.0729. The molecule has 0 fully saturated rings. The zero-order valence-electron chi connectivity index (χ0n) is 15.5. The first-order chi connectivity index (χ1) is 14.0. The largest absolute Gasteiger partial charge is 0.493 e. The fraction of sp³-hybridized carbons (Fsp3) is 0.0476. The first kappa shape index (κ1) is 20.1. The molecule has 1 N–H and O–H groups in total. The highest BCUT2D eigenvalue weighted by molar-refractivity contribution is 7.89. The Morgan fingerprint density at radius 3 is 2.24 bits per heavy atom. The molecule has 0 radical (unpaired) electrons. The van der Waals surface area contributed by atoms with Gasteiger partial charge in [-0.25, -0.2) is 9.63 Å². The molecule has 3 rings (SSSR count). The first-order valence-electron chi connectivity index (χ1n) is 8.55. The van der Waals surface area contributed by atoms with Crippen molar-refractivity contribution in [1.82, 2.24) is 4.83 Å². The summed E-state index contributed by atoms with van der Waals surface area (Å²) < 4.78 is 34.9. The topological polar surface area (TPSA) is 94.1 Å². The van der Waals surface area contributed by atoms with Gasteiger partial charge in [0.1, 0.15) is 0 Å². The number of hydrogen-bond acceptors (Lipinski definition) is 6. The van der Waals surface area contributed by atoms with E-state index in [-0.39, 0.29) is 10.6 Å². The van der Waals surface area contributed by atoms with Crippen molar-refractivity contribution in [3.63, 3.8) is 0 Å². The highest BCUT2D eigenvalue weighted by Crippen LogP contribution is 2.28. The van der Waals surface area contributed by atoms with E-state index in [1.165, 1.54) is 25.5 Å². The minimum absolute atomic E-state index is 0.109. The van der Waals surface area contributed by atoms with Gasteiger partial charge in [-0.1, -0.05) is 36.4 Å². The van der Waals surface area contributed by atoms with Crippen molar-refractivity contribution >= 4 is 22.2 Å². The van der Waals surface area contributed by atoms with E-state index >= 15 is 0 Å². The molecular weight excluding hydrogens is 392 g/mol. The number of nitrogens with one attached hydrogen (secondary N) is 1. The van der Waals surface area contributed by atoms with E-state index in [2.05, 4.69) is 9.93 Å². The third-order valence-electron chi connectivity index (χ3n) is 3.84. The molecule has 7 nitrogen and oxygen atoms in total. The predicted molar refractivity (Wildman–Crippen MR) is 109 cm³/mol. The van der Waals surface area contributed by atoms with E-state index in [0.717, 1.165) is 0 Å². The van der Waals surface area contributed by atoms with Crippen molar-refractivity contribution in [2.45, 2.75) is 4.90 Å². The molecule has 0 unspecified atom stereocenters. The van der Waals surface area contributed by atoms with Gasteiger partial charge in [-0.05, 0) is 48.0 Å². The fourth-order valence-corrected chi connectivity index (χ4v) is 3.22. The van der Waals surface area contributed by atoms with Crippen LogP contribution in [0.2, 0.25) is 0 Å². The standard InChI is InChI=1S/C21H18N2O5S/c1-27-20-14-16(15-22-23-29(25,26)18-10-6-3-7-11-18)12-13-19(20)28-21(24)17-8-4-2-5-9-17/h2-15,23H,1H3/b22-15-. The van der Waals surface area contributed by atoms with Crippen LogP contribution in [0.4, 0.5) is 0 Å². The number of sulfonamides is 1. The number of ether oxygens (including phenoxy) is 2. The summed E-state index contributed by atoms with van der Waals surface area (Å²) in [5.41, 5.74) is 0.965. The average Bonchev–Trinajstić information content (AvgIpc) is 2.75. The molecule has 3 aromatic carbocycles. The summed E-state index contributed by atoms with van der Waals surface area (Å²) in [6, 6.07) is 21.2. The Morgan fingerprint density at radius 1 is 0.931 bits per heavy atom. The van der Waals surface area contributed by atoms with E-state index < -0.39 is 16.0 Å². The fourth-order valence-electron chi connectivity index (χ4n) is 2.40. The molecule has 29 heavy (non-hydrogen) atoms. The van der Waals surface area contributed by atoms with Crippen LogP contribution in [0, 0.1) is 0 Å². The number of esters is 1. The van der Waals surface area contributed by atoms with Crippen molar-refractivity contribution in [2.24, 2.45) is 5.10 Å². The van der Waals surface area contributed by atoms with Gasteiger partial charge in [0.05, 0.1) is 23.8 Å². The first-order valence-corrected chi connectivity index (χ1v) is 10.0. The molecule has 0 aliphatic heterocycles.